The molecule has 2 N–H and O–H groups in total. The molecular formula is C16H25NO2. The van der Waals surface area contributed by atoms with Gasteiger partial charge in [-0.1, -0.05) is 63.6 Å². The molecule has 0 aromatic heterocycles. The van der Waals surface area contributed by atoms with Crippen molar-refractivity contribution in [2.75, 3.05) is 0 Å². The van der Waals surface area contributed by atoms with Gasteiger partial charge in [0.15, 0.2) is 0 Å². The minimum Gasteiger partial charge on any atom is -0.410 e. The van der Waals surface area contributed by atoms with Crippen molar-refractivity contribution in [2.24, 2.45) is 5.73 Å². The molecule has 3 heteroatoms. The van der Waals surface area contributed by atoms with E-state index in [9.17, 15) is 4.79 Å². The lowest BCUT2D eigenvalue weighted by atomic mass is 10.0. The van der Waals surface area contributed by atoms with E-state index in [1.165, 1.54) is 38.5 Å². The average Bonchev–Trinajstić information content (AvgIpc) is 2.39. The van der Waals surface area contributed by atoms with Crippen molar-refractivity contribution < 1.29 is 9.53 Å². The summed E-state index contributed by atoms with van der Waals surface area (Å²) in [5.41, 5.74) is 6.12. The zero-order valence-corrected chi connectivity index (χ0v) is 11.9. The van der Waals surface area contributed by atoms with Gasteiger partial charge in [-0.25, -0.2) is 4.79 Å². The zero-order valence-electron chi connectivity index (χ0n) is 11.9. The van der Waals surface area contributed by atoms with Crippen LogP contribution in [0.2, 0.25) is 0 Å². The van der Waals surface area contributed by atoms with E-state index in [-0.39, 0.29) is 0 Å². The number of aryl methyl sites for hydroxylation is 1. The summed E-state index contributed by atoms with van der Waals surface area (Å²) in [4.78, 5) is 10.8. The van der Waals surface area contributed by atoms with Crippen molar-refractivity contribution in [3.05, 3.63) is 29.8 Å². The first kappa shape index (κ1) is 15.5. The van der Waals surface area contributed by atoms with Gasteiger partial charge in [-0.15, -0.1) is 0 Å². The number of carbonyl (C=O) groups is 1. The van der Waals surface area contributed by atoms with Crippen LogP contribution >= 0.6 is 0 Å². The Morgan fingerprint density at radius 2 is 1.68 bits per heavy atom. The zero-order chi connectivity index (χ0) is 13.9. The summed E-state index contributed by atoms with van der Waals surface area (Å²) in [5.74, 6) is 0.598. The van der Waals surface area contributed by atoms with Crippen LogP contribution in [-0.2, 0) is 6.42 Å². The highest BCUT2D eigenvalue weighted by atomic mass is 16.5. The van der Waals surface area contributed by atoms with Gasteiger partial charge in [-0.2, -0.15) is 0 Å². The standard InChI is InChI=1S/C16H25NO2/c1-2-3-4-5-6-7-8-11-14-12-9-10-13-15(14)19-16(17)18/h9-10,12-13H,2-8,11H2,1H3,(H2,17,18). The van der Waals surface area contributed by atoms with Crippen LogP contribution in [0.1, 0.15) is 57.4 Å². The number of nitrogens with two attached hydrogens (primary N) is 1. The highest BCUT2D eigenvalue weighted by Crippen LogP contribution is 2.20. The van der Waals surface area contributed by atoms with E-state index >= 15 is 0 Å². The molecule has 19 heavy (non-hydrogen) atoms. The molecule has 1 rings (SSSR count). The van der Waals surface area contributed by atoms with E-state index in [1.54, 1.807) is 6.07 Å². The van der Waals surface area contributed by atoms with Crippen LogP contribution in [0.25, 0.3) is 0 Å². The Hall–Kier alpha value is -1.51. The molecule has 1 aromatic rings. The quantitative estimate of drug-likeness (QED) is 0.670. The van der Waals surface area contributed by atoms with Crippen molar-refractivity contribution in [3.63, 3.8) is 0 Å². The fourth-order valence-corrected chi connectivity index (χ4v) is 2.19. The van der Waals surface area contributed by atoms with Crippen LogP contribution < -0.4 is 10.5 Å². The number of ether oxygens (including phenoxy) is 1. The van der Waals surface area contributed by atoms with Crippen molar-refractivity contribution in [1.82, 2.24) is 0 Å². The van der Waals surface area contributed by atoms with Crippen LogP contribution in [0.15, 0.2) is 24.3 Å². The minimum atomic E-state index is -0.744. The molecule has 0 spiro atoms. The molecule has 0 saturated carbocycles. The Labute approximate surface area is 116 Å². The molecule has 0 radical (unpaired) electrons. The number of hydrogen-bond donors (Lipinski definition) is 1. The van der Waals surface area contributed by atoms with Gasteiger partial charge in [0, 0.05) is 0 Å². The summed E-state index contributed by atoms with van der Waals surface area (Å²) < 4.78 is 4.99. The first-order valence-corrected chi connectivity index (χ1v) is 7.29. The second kappa shape index (κ2) is 9.42. The fourth-order valence-electron chi connectivity index (χ4n) is 2.19. The number of para-hydroxylation sites is 1. The Kier molecular flexibility index (Phi) is 7.71. The maximum atomic E-state index is 10.8. The molecule has 0 bridgehead atoms. The minimum absolute atomic E-state index is 0.598. The van der Waals surface area contributed by atoms with Crippen LogP contribution in [0.3, 0.4) is 0 Å². The van der Waals surface area contributed by atoms with E-state index in [4.69, 9.17) is 10.5 Å². The van der Waals surface area contributed by atoms with Crippen molar-refractivity contribution in [1.29, 1.82) is 0 Å². The van der Waals surface area contributed by atoms with E-state index in [0.717, 1.165) is 18.4 Å². The third kappa shape index (κ3) is 6.85. The third-order valence-corrected chi connectivity index (χ3v) is 3.23. The van der Waals surface area contributed by atoms with Gasteiger partial charge in [-0.05, 0) is 24.5 Å². The molecule has 3 nitrogen and oxygen atoms in total. The molecule has 0 unspecified atom stereocenters. The molecule has 0 aliphatic rings. The number of unbranched alkanes of at least 4 members (excludes halogenated alkanes) is 6. The number of amides is 1. The Morgan fingerprint density at radius 1 is 1.05 bits per heavy atom. The van der Waals surface area contributed by atoms with Gasteiger partial charge in [0.25, 0.3) is 0 Å². The summed E-state index contributed by atoms with van der Waals surface area (Å²) >= 11 is 0. The lowest BCUT2D eigenvalue weighted by Gasteiger charge is -2.08. The van der Waals surface area contributed by atoms with E-state index in [0.29, 0.717) is 5.75 Å². The number of primary amides is 1. The lowest BCUT2D eigenvalue weighted by Crippen LogP contribution is -2.17. The number of hydrogen-bond acceptors (Lipinski definition) is 2. The third-order valence-electron chi connectivity index (χ3n) is 3.23. The first-order chi connectivity index (χ1) is 9.24. The van der Waals surface area contributed by atoms with E-state index in [1.807, 2.05) is 18.2 Å². The van der Waals surface area contributed by atoms with Crippen molar-refractivity contribution in [2.45, 2.75) is 58.3 Å². The molecule has 106 valence electrons. The topological polar surface area (TPSA) is 52.3 Å². The maximum Gasteiger partial charge on any atom is 0.409 e. The second-order valence-corrected chi connectivity index (χ2v) is 4.90. The Balaban J connectivity index is 2.26. The number of carbonyl (C=O) groups excluding carboxylic acids is 1. The fraction of sp³-hybridized carbons (Fsp3) is 0.562. The molecule has 0 atom stereocenters. The Bertz CT molecular complexity index is 377. The SMILES string of the molecule is CCCCCCCCCc1ccccc1OC(N)=O. The molecule has 0 heterocycles. The molecular weight excluding hydrogens is 238 g/mol. The molecule has 0 fully saturated rings. The Morgan fingerprint density at radius 3 is 2.37 bits per heavy atom. The highest BCUT2D eigenvalue weighted by molar-refractivity contribution is 5.68. The second-order valence-electron chi connectivity index (χ2n) is 4.90. The van der Waals surface area contributed by atoms with Gasteiger partial charge in [0.2, 0.25) is 0 Å². The van der Waals surface area contributed by atoms with Crippen molar-refractivity contribution in [3.8, 4) is 5.75 Å². The predicted molar refractivity (Wildman–Crippen MR) is 78.4 cm³/mol. The van der Waals surface area contributed by atoms with Gasteiger partial charge in [-0.3, -0.25) is 0 Å². The normalized spacial score (nSPS) is 10.4. The van der Waals surface area contributed by atoms with Gasteiger partial charge in [0.05, 0.1) is 0 Å². The predicted octanol–water partition coefficient (Wildman–Crippen LogP) is 4.44. The van der Waals surface area contributed by atoms with E-state index < -0.39 is 6.09 Å². The molecule has 0 aliphatic carbocycles. The molecule has 1 aromatic carbocycles. The van der Waals surface area contributed by atoms with Crippen LogP contribution in [0.5, 0.6) is 5.75 Å². The van der Waals surface area contributed by atoms with Crippen LogP contribution in [-0.4, -0.2) is 6.09 Å². The smallest absolute Gasteiger partial charge is 0.409 e. The summed E-state index contributed by atoms with van der Waals surface area (Å²) in [6, 6.07) is 7.60. The number of benzene rings is 1. The van der Waals surface area contributed by atoms with Crippen molar-refractivity contribution >= 4 is 6.09 Å². The largest absolute Gasteiger partial charge is 0.410 e. The van der Waals surface area contributed by atoms with E-state index in [2.05, 4.69) is 6.92 Å². The summed E-state index contributed by atoms with van der Waals surface area (Å²) in [6.07, 6.45) is 9.15. The first-order valence-electron chi connectivity index (χ1n) is 7.29. The lowest BCUT2D eigenvalue weighted by molar-refractivity contribution is 0.210. The highest BCUT2D eigenvalue weighted by Gasteiger charge is 2.05. The van der Waals surface area contributed by atoms with Gasteiger partial charge in [0.1, 0.15) is 5.75 Å². The number of rotatable bonds is 9. The van der Waals surface area contributed by atoms with Gasteiger partial charge < -0.3 is 10.5 Å². The monoisotopic (exact) mass is 263 g/mol. The summed E-state index contributed by atoms with van der Waals surface area (Å²) in [6.45, 7) is 2.23. The molecule has 0 aliphatic heterocycles. The van der Waals surface area contributed by atoms with Crippen LogP contribution in [0, 0.1) is 0 Å². The van der Waals surface area contributed by atoms with Crippen LogP contribution in [0.4, 0.5) is 4.79 Å². The summed E-state index contributed by atoms with van der Waals surface area (Å²) in [5, 5.41) is 0. The summed E-state index contributed by atoms with van der Waals surface area (Å²) in [7, 11) is 0. The molecule has 1 amide bonds. The maximum absolute atomic E-state index is 10.8. The molecule has 0 saturated heterocycles. The van der Waals surface area contributed by atoms with Gasteiger partial charge >= 0.3 is 6.09 Å². The average molecular weight is 263 g/mol.